The van der Waals surface area contributed by atoms with Crippen LogP contribution in [0.25, 0.3) is 44.3 Å². The van der Waals surface area contributed by atoms with E-state index in [2.05, 4.69) is 15.4 Å². The number of nitrogens with zero attached hydrogens (tertiary/aromatic N) is 2. The highest BCUT2D eigenvalue weighted by Gasteiger charge is 2.32. The molecular weight excluding hydrogens is 1050 g/mol. The number of nitrogens with one attached hydrogen (secondary N) is 3. The van der Waals surface area contributed by atoms with Crippen LogP contribution in [0.1, 0.15) is 101 Å². The average Bonchev–Trinajstić information content (AvgIpc) is 4.32. The van der Waals surface area contributed by atoms with Crippen molar-refractivity contribution in [3.8, 4) is 33.8 Å². The highest BCUT2D eigenvalue weighted by Crippen LogP contribution is 2.41. The second-order valence-corrected chi connectivity index (χ2v) is 25.3. The average molecular weight is 1100 g/mol. The quantitative estimate of drug-likeness (QED) is 0.0614. The van der Waals surface area contributed by atoms with Crippen molar-refractivity contribution < 1.29 is 40.7 Å². The second kappa shape index (κ2) is 21.7. The molecule has 0 bridgehead atoms. The van der Waals surface area contributed by atoms with E-state index in [1.54, 1.807) is 60.7 Å². The van der Waals surface area contributed by atoms with Crippen LogP contribution in [0.2, 0.25) is 10.0 Å². The number of halogens is 2. The zero-order valence-corrected chi connectivity index (χ0v) is 45.5. The van der Waals surface area contributed by atoms with E-state index >= 15 is 0 Å². The maximum Gasteiger partial charge on any atom is 0.333 e. The predicted molar refractivity (Wildman–Crippen MR) is 294 cm³/mol. The lowest BCUT2D eigenvalue weighted by Crippen LogP contribution is -2.29. The summed E-state index contributed by atoms with van der Waals surface area (Å²) in [7, 11) is -7.07. The molecule has 14 nitrogen and oxygen atoms in total. The molecule has 76 heavy (non-hydrogen) atoms. The van der Waals surface area contributed by atoms with Gasteiger partial charge in [0.25, 0.3) is 5.91 Å². The molecule has 394 valence electrons. The summed E-state index contributed by atoms with van der Waals surface area (Å²) in [6.07, 6.45) is 2.76. The van der Waals surface area contributed by atoms with Crippen molar-refractivity contribution in [1.29, 1.82) is 0 Å². The number of rotatable bonds is 20. The molecule has 2 aliphatic rings. The number of imidazole rings is 2. The standard InChI is InChI=1S/C58H57Cl2N5O9S2/c1-33(2)72-53-11-7-5-9-41(53)45-25-49-51(29-47(45)59)63-57(61-49)43(37-17-21-39(22-18-37)75(68,69)31-35-13-14-35)27-55(66)65-74-56(67)28-44(38-19-23-40(24-20-38)76(70,71)32-36-15-16-36)58-62-50-26-46(48(60)30-52(50)64-58)42-10-6-8-12-54(42)73-34(3)4/h5-12,17-26,29-30,33-36,43-44H,13-16,27-28,31-32H2,1-4H3,(H,61,63)(H,62,64)(H,65,66). The van der Waals surface area contributed by atoms with E-state index in [9.17, 15) is 26.4 Å². The number of para-hydroxylation sites is 2. The molecule has 2 unspecified atom stereocenters. The largest absolute Gasteiger partial charge is 0.490 e. The van der Waals surface area contributed by atoms with Crippen molar-refractivity contribution in [1.82, 2.24) is 25.4 Å². The first-order chi connectivity index (χ1) is 36.4. The second-order valence-electron chi connectivity index (χ2n) is 20.4. The molecule has 0 spiro atoms. The van der Waals surface area contributed by atoms with E-state index in [4.69, 9.17) is 47.5 Å². The number of sulfone groups is 2. The number of aromatic nitrogens is 4. The molecule has 0 aliphatic heterocycles. The van der Waals surface area contributed by atoms with Gasteiger partial charge in [0, 0.05) is 28.7 Å². The maximum absolute atomic E-state index is 14.1. The Hall–Kier alpha value is -6.72. The van der Waals surface area contributed by atoms with Gasteiger partial charge in [-0.3, -0.25) is 4.79 Å². The van der Waals surface area contributed by atoms with Gasteiger partial charge in [-0.2, -0.15) is 5.48 Å². The van der Waals surface area contributed by atoms with Gasteiger partial charge in [0.2, 0.25) is 0 Å². The Morgan fingerprint density at radius 1 is 0.579 bits per heavy atom. The van der Waals surface area contributed by atoms with Crippen LogP contribution >= 0.6 is 23.2 Å². The zero-order valence-electron chi connectivity index (χ0n) is 42.3. The number of hydroxylamine groups is 1. The van der Waals surface area contributed by atoms with E-state index in [-0.39, 0.29) is 58.2 Å². The number of hydrogen-bond acceptors (Lipinski definition) is 11. The number of aromatic amines is 2. The highest BCUT2D eigenvalue weighted by molar-refractivity contribution is 7.91. The minimum absolute atomic E-state index is 0.0727. The third-order valence-electron chi connectivity index (χ3n) is 13.5. The third-order valence-corrected chi connectivity index (χ3v) is 18.0. The van der Waals surface area contributed by atoms with Crippen molar-refractivity contribution in [3.05, 3.63) is 154 Å². The number of hydrogen-bond donors (Lipinski definition) is 3. The van der Waals surface area contributed by atoms with Crippen LogP contribution in [0.3, 0.4) is 0 Å². The van der Waals surface area contributed by atoms with Crippen LogP contribution in [-0.4, -0.2) is 72.4 Å². The fourth-order valence-electron chi connectivity index (χ4n) is 9.43. The molecule has 0 radical (unpaired) electrons. The van der Waals surface area contributed by atoms with Gasteiger partial charge in [-0.05, 0) is 137 Å². The Kier molecular flexibility index (Phi) is 15.1. The summed E-state index contributed by atoms with van der Waals surface area (Å²) < 4.78 is 65.3. The molecule has 1 amide bonds. The fraction of sp³-hybridized carbons (Fsp3) is 0.310. The summed E-state index contributed by atoms with van der Waals surface area (Å²) in [6.45, 7) is 7.77. The van der Waals surface area contributed by atoms with E-state index in [0.29, 0.717) is 77.5 Å². The summed E-state index contributed by atoms with van der Waals surface area (Å²) >= 11 is 13.9. The molecule has 2 fully saturated rings. The van der Waals surface area contributed by atoms with Gasteiger partial charge in [0.15, 0.2) is 19.7 Å². The molecule has 6 aromatic carbocycles. The normalized spacial score (nSPS) is 14.8. The summed E-state index contributed by atoms with van der Waals surface area (Å²) in [6, 6.07) is 35.2. The van der Waals surface area contributed by atoms with Gasteiger partial charge < -0.3 is 24.3 Å². The van der Waals surface area contributed by atoms with Crippen LogP contribution in [0.15, 0.2) is 131 Å². The minimum Gasteiger partial charge on any atom is -0.490 e. The smallest absolute Gasteiger partial charge is 0.333 e. The lowest BCUT2D eigenvalue weighted by atomic mass is 9.94. The number of amides is 1. The topological polar surface area (TPSA) is 199 Å². The van der Waals surface area contributed by atoms with Gasteiger partial charge in [-0.25, -0.2) is 31.6 Å². The molecule has 2 aliphatic carbocycles. The number of carbonyl (C=O) groups is 2. The molecule has 0 saturated heterocycles. The monoisotopic (exact) mass is 1100 g/mol. The molecule has 3 N–H and O–H groups in total. The Bertz CT molecular complexity index is 3460. The van der Waals surface area contributed by atoms with Crippen LogP contribution in [-0.2, 0) is 34.1 Å². The first-order valence-corrected chi connectivity index (χ1v) is 29.5. The van der Waals surface area contributed by atoms with Crippen LogP contribution in [0, 0.1) is 11.8 Å². The van der Waals surface area contributed by atoms with E-state index in [0.717, 1.165) is 36.8 Å². The van der Waals surface area contributed by atoms with Crippen molar-refractivity contribution in [2.24, 2.45) is 11.8 Å². The summed E-state index contributed by atoms with van der Waals surface area (Å²) in [5, 5.41) is 0.879. The Labute approximate surface area is 451 Å². The van der Waals surface area contributed by atoms with E-state index in [1.807, 2.05) is 88.4 Å². The Morgan fingerprint density at radius 3 is 1.39 bits per heavy atom. The Balaban J connectivity index is 0.927. The number of H-pyrrole nitrogens is 2. The maximum atomic E-state index is 14.1. The van der Waals surface area contributed by atoms with Gasteiger partial charge in [0.05, 0.1) is 83.9 Å². The Morgan fingerprint density at radius 2 is 0.987 bits per heavy atom. The van der Waals surface area contributed by atoms with Gasteiger partial charge in [-0.1, -0.05) is 83.9 Å². The number of ether oxygens (including phenoxy) is 2. The van der Waals surface area contributed by atoms with Crippen molar-refractivity contribution >= 4 is 76.8 Å². The SMILES string of the molecule is CC(C)Oc1ccccc1-c1cc2nc(C(CC(=O)NOC(=O)CC(c3ccc(S(=O)(=O)CC4CC4)cc3)c3nc4cc(-c5ccccc5OC(C)C)c(Cl)cc4[nH]3)c3ccc(S(=O)(=O)CC4CC4)cc3)[nH]c2cc1Cl. The summed E-state index contributed by atoms with van der Waals surface area (Å²) in [4.78, 5) is 50.5. The number of fused-ring (bicyclic) bond motifs is 2. The molecule has 2 aromatic heterocycles. The number of benzene rings is 6. The van der Waals surface area contributed by atoms with Gasteiger partial charge in [0.1, 0.15) is 23.1 Å². The van der Waals surface area contributed by atoms with Gasteiger partial charge >= 0.3 is 5.97 Å². The van der Waals surface area contributed by atoms with Gasteiger partial charge in [-0.15, -0.1) is 0 Å². The van der Waals surface area contributed by atoms with Crippen LogP contribution < -0.4 is 15.0 Å². The predicted octanol–water partition coefficient (Wildman–Crippen LogP) is 12.3. The molecular formula is C58H57Cl2N5O9S2. The van der Waals surface area contributed by atoms with Crippen LogP contribution in [0.5, 0.6) is 11.5 Å². The summed E-state index contributed by atoms with van der Waals surface area (Å²) in [5.41, 5.74) is 8.74. The molecule has 8 aromatic rings. The van der Waals surface area contributed by atoms with Crippen molar-refractivity contribution in [2.75, 3.05) is 11.5 Å². The minimum atomic E-state index is -3.53. The zero-order chi connectivity index (χ0) is 53.5. The van der Waals surface area contributed by atoms with Crippen LogP contribution in [0.4, 0.5) is 0 Å². The van der Waals surface area contributed by atoms with E-state index < -0.39 is 43.4 Å². The molecule has 2 heterocycles. The highest BCUT2D eigenvalue weighted by atomic mass is 35.5. The fourth-order valence-corrected chi connectivity index (χ4v) is 13.4. The lowest BCUT2D eigenvalue weighted by Gasteiger charge is -2.17. The molecule has 10 rings (SSSR count). The van der Waals surface area contributed by atoms with Crippen molar-refractivity contribution in [3.63, 3.8) is 0 Å². The van der Waals surface area contributed by atoms with Crippen molar-refractivity contribution in [2.45, 2.75) is 100 Å². The first-order valence-electron chi connectivity index (χ1n) is 25.4. The molecule has 18 heteroatoms. The lowest BCUT2D eigenvalue weighted by molar-refractivity contribution is -0.158. The summed E-state index contributed by atoms with van der Waals surface area (Å²) in [5.74, 6) is -0.530. The molecule has 2 saturated carbocycles. The first kappa shape index (κ1) is 52.7. The number of carbonyl (C=O) groups excluding carboxylic acids is 2. The third kappa shape index (κ3) is 12.1. The molecule has 2 atom stereocenters. The van der Waals surface area contributed by atoms with E-state index in [1.165, 1.54) is 0 Å².